The lowest BCUT2D eigenvalue weighted by Crippen LogP contribution is -2.53. The first-order valence-corrected chi connectivity index (χ1v) is 16.3. The van der Waals surface area contributed by atoms with E-state index in [0.29, 0.717) is 27.0 Å². The zero-order chi connectivity index (χ0) is 32.8. The van der Waals surface area contributed by atoms with E-state index in [4.69, 9.17) is 32.7 Å². The SMILES string of the molecule is CC[C@@H](C(=O)NC(C)C)N(Cc1ccc(Cl)cc1Cl)C(=O)CN(c1cc(C)cc(C)c1)S(=O)(=O)c1ccc(OC)c(OC)c1. The summed E-state index contributed by atoms with van der Waals surface area (Å²) in [5.41, 5.74) is 2.48. The molecule has 0 aliphatic carbocycles. The Labute approximate surface area is 270 Å². The maximum absolute atomic E-state index is 14.3. The van der Waals surface area contributed by atoms with E-state index >= 15 is 0 Å². The summed E-state index contributed by atoms with van der Waals surface area (Å²) >= 11 is 12.6. The van der Waals surface area contributed by atoms with Gasteiger partial charge in [-0.1, -0.05) is 42.3 Å². The molecule has 2 amide bonds. The second-order valence-corrected chi connectivity index (χ2v) is 13.4. The van der Waals surface area contributed by atoms with Crippen LogP contribution in [-0.2, 0) is 26.2 Å². The lowest BCUT2D eigenvalue weighted by molar-refractivity contribution is -0.140. The van der Waals surface area contributed by atoms with Crippen molar-refractivity contribution in [2.45, 2.75) is 64.6 Å². The minimum Gasteiger partial charge on any atom is -0.493 e. The average molecular weight is 665 g/mol. The molecule has 12 heteroatoms. The molecule has 238 valence electrons. The maximum atomic E-state index is 14.3. The van der Waals surface area contributed by atoms with Crippen molar-refractivity contribution >= 4 is 50.7 Å². The average Bonchev–Trinajstić information content (AvgIpc) is 2.95. The molecule has 0 spiro atoms. The molecule has 0 fully saturated rings. The van der Waals surface area contributed by atoms with Crippen molar-refractivity contribution in [1.82, 2.24) is 10.2 Å². The van der Waals surface area contributed by atoms with E-state index in [-0.39, 0.29) is 35.6 Å². The lowest BCUT2D eigenvalue weighted by atomic mass is 10.1. The molecule has 0 saturated heterocycles. The van der Waals surface area contributed by atoms with Crippen LogP contribution in [0.15, 0.2) is 59.5 Å². The highest BCUT2D eigenvalue weighted by Gasteiger charge is 2.34. The van der Waals surface area contributed by atoms with Crippen LogP contribution in [0.2, 0.25) is 10.0 Å². The van der Waals surface area contributed by atoms with Gasteiger partial charge in [0.15, 0.2) is 11.5 Å². The van der Waals surface area contributed by atoms with Crippen LogP contribution in [0, 0.1) is 13.8 Å². The molecule has 0 saturated carbocycles. The number of carbonyl (C=O) groups is 2. The fourth-order valence-corrected chi connectivity index (χ4v) is 6.74. The van der Waals surface area contributed by atoms with Crippen molar-refractivity contribution in [3.8, 4) is 11.5 Å². The zero-order valence-corrected chi connectivity index (χ0v) is 28.3. The number of benzene rings is 3. The van der Waals surface area contributed by atoms with Gasteiger partial charge in [0.25, 0.3) is 10.0 Å². The number of hydrogen-bond acceptors (Lipinski definition) is 6. The van der Waals surface area contributed by atoms with Crippen molar-refractivity contribution < 1.29 is 27.5 Å². The van der Waals surface area contributed by atoms with Crippen molar-refractivity contribution in [3.05, 3.63) is 81.3 Å². The number of carbonyl (C=O) groups excluding carboxylic acids is 2. The van der Waals surface area contributed by atoms with Gasteiger partial charge in [0.1, 0.15) is 12.6 Å². The molecule has 1 atom stereocenters. The zero-order valence-electron chi connectivity index (χ0n) is 26.0. The number of methoxy groups -OCH3 is 2. The Balaban J connectivity index is 2.16. The summed E-state index contributed by atoms with van der Waals surface area (Å²) in [6, 6.07) is 13.3. The van der Waals surface area contributed by atoms with Gasteiger partial charge in [-0.2, -0.15) is 0 Å². The smallest absolute Gasteiger partial charge is 0.264 e. The predicted octanol–water partition coefficient (Wildman–Crippen LogP) is 6.15. The number of nitrogens with zero attached hydrogens (tertiary/aromatic N) is 2. The number of ether oxygens (including phenoxy) is 2. The first-order chi connectivity index (χ1) is 20.7. The molecule has 9 nitrogen and oxygen atoms in total. The van der Waals surface area contributed by atoms with Crippen LogP contribution in [-0.4, -0.2) is 58.0 Å². The van der Waals surface area contributed by atoms with Crippen LogP contribution in [0.4, 0.5) is 5.69 Å². The van der Waals surface area contributed by atoms with E-state index < -0.39 is 28.5 Å². The molecule has 3 aromatic carbocycles. The van der Waals surface area contributed by atoms with Crippen LogP contribution in [0.3, 0.4) is 0 Å². The van der Waals surface area contributed by atoms with E-state index in [0.717, 1.165) is 15.4 Å². The topological polar surface area (TPSA) is 105 Å². The van der Waals surface area contributed by atoms with Crippen LogP contribution in [0.25, 0.3) is 0 Å². The van der Waals surface area contributed by atoms with Gasteiger partial charge in [-0.25, -0.2) is 8.42 Å². The molecular weight excluding hydrogens is 625 g/mol. The Hall–Kier alpha value is -3.47. The molecule has 44 heavy (non-hydrogen) atoms. The molecule has 1 N–H and O–H groups in total. The Morgan fingerprint density at radius 3 is 2.09 bits per heavy atom. The normalized spacial score (nSPS) is 12.0. The van der Waals surface area contributed by atoms with E-state index in [9.17, 15) is 18.0 Å². The minimum absolute atomic E-state index is 0.0457. The van der Waals surface area contributed by atoms with Gasteiger partial charge in [-0.15, -0.1) is 0 Å². The standard InChI is InChI=1S/C32H39Cl2N3O6S/c1-8-28(32(39)35-20(2)3)36(18-23-9-10-24(33)16-27(23)34)31(38)19-37(25-14-21(4)13-22(5)15-25)44(40,41)26-11-12-29(42-6)30(17-26)43-7/h9-17,20,28H,8,18-19H2,1-7H3,(H,35,39)/t28-/m0/s1. The second-order valence-electron chi connectivity index (χ2n) is 10.7. The van der Waals surface area contributed by atoms with Gasteiger partial charge in [0, 0.05) is 28.7 Å². The van der Waals surface area contributed by atoms with Gasteiger partial charge in [-0.05, 0) is 87.2 Å². The largest absolute Gasteiger partial charge is 0.493 e. The van der Waals surface area contributed by atoms with Gasteiger partial charge >= 0.3 is 0 Å². The second kappa shape index (κ2) is 15.0. The molecule has 0 bridgehead atoms. The summed E-state index contributed by atoms with van der Waals surface area (Å²) in [5.74, 6) is -0.379. The molecule has 0 radical (unpaired) electrons. The van der Waals surface area contributed by atoms with Gasteiger partial charge in [0.2, 0.25) is 11.8 Å². The molecule has 3 rings (SSSR count). The van der Waals surface area contributed by atoms with Crippen molar-refractivity contribution in [2.75, 3.05) is 25.1 Å². The quantitative estimate of drug-likeness (QED) is 0.235. The predicted molar refractivity (Wildman–Crippen MR) is 174 cm³/mol. The summed E-state index contributed by atoms with van der Waals surface area (Å²) in [7, 11) is -1.46. The number of rotatable bonds is 13. The number of sulfonamides is 1. The van der Waals surface area contributed by atoms with E-state index in [1.807, 2.05) is 33.8 Å². The number of amides is 2. The summed E-state index contributed by atoms with van der Waals surface area (Å²) < 4.78 is 40.3. The van der Waals surface area contributed by atoms with E-state index in [1.54, 1.807) is 37.3 Å². The Bertz CT molecular complexity index is 1590. The molecule has 0 aliphatic rings. The van der Waals surface area contributed by atoms with Crippen molar-refractivity contribution in [2.24, 2.45) is 0 Å². The van der Waals surface area contributed by atoms with Crippen LogP contribution in [0.5, 0.6) is 11.5 Å². The highest BCUT2D eigenvalue weighted by Crippen LogP contribution is 2.33. The Morgan fingerprint density at radius 2 is 1.55 bits per heavy atom. The van der Waals surface area contributed by atoms with Gasteiger partial charge in [0.05, 0.1) is 24.8 Å². The lowest BCUT2D eigenvalue weighted by Gasteiger charge is -2.34. The number of anilines is 1. The fourth-order valence-electron chi connectivity index (χ4n) is 4.86. The van der Waals surface area contributed by atoms with Crippen LogP contribution >= 0.6 is 23.2 Å². The van der Waals surface area contributed by atoms with Crippen molar-refractivity contribution in [1.29, 1.82) is 0 Å². The van der Waals surface area contributed by atoms with Gasteiger partial charge < -0.3 is 19.7 Å². The minimum atomic E-state index is -4.33. The third-order valence-electron chi connectivity index (χ3n) is 6.89. The summed E-state index contributed by atoms with van der Waals surface area (Å²) in [6.45, 7) is 8.49. The Morgan fingerprint density at radius 1 is 0.909 bits per heavy atom. The highest BCUT2D eigenvalue weighted by atomic mass is 35.5. The first-order valence-electron chi connectivity index (χ1n) is 14.1. The van der Waals surface area contributed by atoms with E-state index in [1.165, 1.54) is 37.3 Å². The summed E-state index contributed by atoms with van der Waals surface area (Å²) in [6.07, 6.45) is 0.279. The maximum Gasteiger partial charge on any atom is 0.264 e. The van der Waals surface area contributed by atoms with Gasteiger partial charge in [-0.3, -0.25) is 13.9 Å². The molecule has 0 aromatic heterocycles. The molecule has 3 aromatic rings. The third-order valence-corrected chi connectivity index (χ3v) is 9.25. The highest BCUT2D eigenvalue weighted by molar-refractivity contribution is 7.92. The van der Waals surface area contributed by atoms with Crippen molar-refractivity contribution in [3.63, 3.8) is 0 Å². The van der Waals surface area contributed by atoms with Crippen LogP contribution < -0.4 is 19.1 Å². The molecule has 0 unspecified atom stereocenters. The number of hydrogen-bond donors (Lipinski definition) is 1. The molecular formula is C32H39Cl2N3O6S. The number of halogens is 2. The number of aryl methyl sites for hydroxylation is 2. The van der Waals surface area contributed by atoms with E-state index in [2.05, 4.69) is 5.32 Å². The summed E-state index contributed by atoms with van der Waals surface area (Å²) in [4.78, 5) is 28.9. The summed E-state index contributed by atoms with van der Waals surface area (Å²) in [5, 5.41) is 3.61. The molecule has 0 heterocycles. The molecule has 0 aliphatic heterocycles. The first kappa shape index (κ1) is 35.0. The third kappa shape index (κ3) is 8.37. The number of nitrogens with one attached hydrogen (secondary N) is 1. The van der Waals surface area contributed by atoms with Crippen LogP contribution in [0.1, 0.15) is 43.9 Å². The monoisotopic (exact) mass is 663 g/mol. The fraction of sp³-hybridized carbons (Fsp3) is 0.375. The Kier molecular flexibility index (Phi) is 11.9.